The summed E-state index contributed by atoms with van der Waals surface area (Å²) in [6.07, 6.45) is 1.63. The summed E-state index contributed by atoms with van der Waals surface area (Å²) in [6.45, 7) is 3.46. The van der Waals surface area contributed by atoms with E-state index in [0.717, 1.165) is 10.9 Å². The molecule has 1 heterocycles. The molecule has 110 valence electrons. The highest BCUT2D eigenvalue weighted by molar-refractivity contribution is 5.98. The smallest absolute Gasteiger partial charge is 0.326 e. The average molecular weight is 284 g/mol. The van der Waals surface area contributed by atoms with Gasteiger partial charge in [0.25, 0.3) is 5.91 Å². The molecule has 1 aromatic rings. The summed E-state index contributed by atoms with van der Waals surface area (Å²) in [5.41, 5.74) is -0.856. The Morgan fingerprint density at radius 1 is 1.60 bits per heavy atom. The van der Waals surface area contributed by atoms with E-state index < -0.39 is 34.2 Å². The fraction of sp³-hybridized carbons (Fsp3) is 0.545. The topological polar surface area (TPSA) is 127 Å². The molecule has 0 aromatic carbocycles. The zero-order chi connectivity index (χ0) is 15.4. The van der Waals surface area contributed by atoms with E-state index in [1.165, 1.54) is 7.05 Å². The number of nitrogens with zero attached hydrogens (tertiary/aromatic N) is 3. The van der Waals surface area contributed by atoms with E-state index in [0.29, 0.717) is 6.42 Å². The van der Waals surface area contributed by atoms with Gasteiger partial charge in [0, 0.05) is 7.05 Å². The molecular formula is C11H16N4O5. The number of hydrogen-bond donors (Lipinski definition) is 2. The molecule has 0 bridgehead atoms. The lowest BCUT2D eigenvalue weighted by Gasteiger charge is -2.19. The number of carbonyl (C=O) groups excluding carboxylic acids is 1. The summed E-state index contributed by atoms with van der Waals surface area (Å²) in [5.74, 6) is -2.37. The SMILES string of the molecule is CCC(C)C(NC(=O)c1nn(C)cc1[N+](=O)[O-])C(=O)O. The van der Waals surface area contributed by atoms with Gasteiger partial charge in [0.1, 0.15) is 12.2 Å². The largest absolute Gasteiger partial charge is 0.480 e. The van der Waals surface area contributed by atoms with Gasteiger partial charge in [-0.15, -0.1) is 0 Å². The number of rotatable bonds is 6. The molecular weight excluding hydrogens is 268 g/mol. The van der Waals surface area contributed by atoms with Crippen LogP contribution in [0.2, 0.25) is 0 Å². The number of aryl methyl sites for hydroxylation is 1. The first-order valence-electron chi connectivity index (χ1n) is 5.99. The molecule has 2 N–H and O–H groups in total. The molecule has 2 atom stereocenters. The third kappa shape index (κ3) is 3.31. The number of aromatic nitrogens is 2. The molecule has 0 saturated heterocycles. The summed E-state index contributed by atoms with van der Waals surface area (Å²) >= 11 is 0. The highest BCUT2D eigenvalue weighted by Crippen LogP contribution is 2.17. The molecule has 9 heteroatoms. The van der Waals surface area contributed by atoms with Crippen LogP contribution in [0.5, 0.6) is 0 Å². The maximum absolute atomic E-state index is 12.0. The standard InChI is InChI=1S/C11H16N4O5/c1-4-6(2)8(11(17)18)12-10(16)9-7(15(19)20)5-14(3)13-9/h5-6,8H,4H2,1-3H3,(H,12,16)(H,17,18). The lowest BCUT2D eigenvalue weighted by molar-refractivity contribution is -0.385. The fourth-order valence-electron chi connectivity index (χ4n) is 1.66. The zero-order valence-corrected chi connectivity index (χ0v) is 11.4. The first kappa shape index (κ1) is 15.6. The van der Waals surface area contributed by atoms with Gasteiger partial charge in [-0.05, 0) is 5.92 Å². The molecule has 0 fully saturated rings. The minimum absolute atomic E-state index is 0.306. The molecule has 1 amide bonds. The molecule has 0 spiro atoms. The zero-order valence-electron chi connectivity index (χ0n) is 11.4. The predicted octanol–water partition coefficient (Wildman–Crippen LogP) is 0.557. The van der Waals surface area contributed by atoms with Crippen LogP contribution in [0.25, 0.3) is 0 Å². The Morgan fingerprint density at radius 3 is 2.65 bits per heavy atom. The molecule has 0 saturated carbocycles. The number of amides is 1. The van der Waals surface area contributed by atoms with Crippen LogP contribution < -0.4 is 5.32 Å². The van der Waals surface area contributed by atoms with Gasteiger partial charge < -0.3 is 10.4 Å². The van der Waals surface area contributed by atoms with Gasteiger partial charge in [-0.3, -0.25) is 19.6 Å². The van der Waals surface area contributed by atoms with Crippen molar-refractivity contribution in [1.29, 1.82) is 0 Å². The molecule has 9 nitrogen and oxygen atoms in total. The lowest BCUT2D eigenvalue weighted by atomic mass is 9.99. The normalized spacial score (nSPS) is 13.6. The van der Waals surface area contributed by atoms with Crippen LogP contribution in [0, 0.1) is 16.0 Å². The second-order valence-corrected chi connectivity index (χ2v) is 4.47. The molecule has 0 aliphatic heterocycles. The molecule has 2 unspecified atom stereocenters. The lowest BCUT2D eigenvalue weighted by Crippen LogP contribution is -2.45. The first-order valence-corrected chi connectivity index (χ1v) is 5.99. The third-order valence-electron chi connectivity index (χ3n) is 2.99. The van der Waals surface area contributed by atoms with E-state index in [4.69, 9.17) is 5.11 Å². The molecule has 20 heavy (non-hydrogen) atoms. The van der Waals surface area contributed by atoms with Crippen molar-refractivity contribution in [3.05, 3.63) is 22.0 Å². The maximum atomic E-state index is 12.0. The average Bonchev–Trinajstić information content (AvgIpc) is 2.76. The minimum atomic E-state index is -1.19. The highest BCUT2D eigenvalue weighted by atomic mass is 16.6. The summed E-state index contributed by atoms with van der Waals surface area (Å²) in [4.78, 5) is 33.2. The molecule has 0 aliphatic carbocycles. The Balaban J connectivity index is 3.00. The van der Waals surface area contributed by atoms with E-state index in [9.17, 15) is 19.7 Å². The van der Waals surface area contributed by atoms with Gasteiger partial charge >= 0.3 is 11.7 Å². The Bertz CT molecular complexity index is 539. The van der Waals surface area contributed by atoms with Crippen molar-refractivity contribution >= 4 is 17.6 Å². The number of hydrogen-bond acceptors (Lipinski definition) is 5. The Morgan fingerprint density at radius 2 is 2.20 bits per heavy atom. The number of nitro groups is 1. The van der Waals surface area contributed by atoms with Crippen LogP contribution in [0.3, 0.4) is 0 Å². The van der Waals surface area contributed by atoms with E-state index in [2.05, 4.69) is 10.4 Å². The van der Waals surface area contributed by atoms with Crippen molar-refractivity contribution in [2.24, 2.45) is 13.0 Å². The Labute approximate surface area is 114 Å². The van der Waals surface area contributed by atoms with Gasteiger partial charge in [0.05, 0.1) is 4.92 Å². The van der Waals surface area contributed by atoms with Gasteiger partial charge in [-0.2, -0.15) is 5.10 Å². The number of carboxylic acids is 1. The quantitative estimate of drug-likeness (QED) is 0.580. The van der Waals surface area contributed by atoms with Crippen molar-refractivity contribution < 1.29 is 19.6 Å². The van der Waals surface area contributed by atoms with E-state index >= 15 is 0 Å². The Hall–Kier alpha value is -2.45. The van der Waals surface area contributed by atoms with Crippen LogP contribution in [-0.2, 0) is 11.8 Å². The number of carboxylic acid groups (broad SMARTS) is 1. The van der Waals surface area contributed by atoms with Crippen molar-refractivity contribution in [2.45, 2.75) is 26.3 Å². The van der Waals surface area contributed by atoms with Crippen molar-refractivity contribution in [2.75, 3.05) is 0 Å². The predicted molar refractivity (Wildman–Crippen MR) is 68.2 cm³/mol. The van der Waals surface area contributed by atoms with Crippen molar-refractivity contribution in [3.8, 4) is 0 Å². The monoisotopic (exact) mass is 284 g/mol. The number of aliphatic carboxylic acids is 1. The molecule has 0 radical (unpaired) electrons. The van der Waals surface area contributed by atoms with E-state index in [1.807, 2.05) is 0 Å². The summed E-state index contributed by atoms with van der Waals surface area (Å²) < 4.78 is 1.13. The van der Waals surface area contributed by atoms with Crippen LogP contribution >= 0.6 is 0 Å². The summed E-state index contributed by atoms with van der Waals surface area (Å²) in [5, 5.41) is 25.9. The first-order chi connectivity index (χ1) is 9.27. The third-order valence-corrected chi connectivity index (χ3v) is 2.99. The highest BCUT2D eigenvalue weighted by Gasteiger charge is 2.30. The van der Waals surface area contributed by atoms with E-state index in [-0.39, 0.29) is 5.92 Å². The fourth-order valence-corrected chi connectivity index (χ4v) is 1.66. The second kappa shape index (κ2) is 6.13. The summed E-state index contributed by atoms with van der Waals surface area (Å²) in [6, 6.07) is -1.12. The number of carbonyl (C=O) groups is 2. The maximum Gasteiger partial charge on any atom is 0.326 e. The van der Waals surface area contributed by atoms with Crippen LogP contribution in [0.1, 0.15) is 30.8 Å². The second-order valence-electron chi connectivity index (χ2n) is 4.47. The van der Waals surface area contributed by atoms with Crippen LogP contribution in [0.15, 0.2) is 6.20 Å². The van der Waals surface area contributed by atoms with Gasteiger partial charge in [0.15, 0.2) is 0 Å². The summed E-state index contributed by atoms with van der Waals surface area (Å²) in [7, 11) is 1.44. The number of nitrogens with one attached hydrogen (secondary N) is 1. The van der Waals surface area contributed by atoms with Crippen LogP contribution in [0.4, 0.5) is 5.69 Å². The molecule has 0 aliphatic rings. The van der Waals surface area contributed by atoms with Gasteiger partial charge in [-0.1, -0.05) is 20.3 Å². The Kier molecular flexibility index (Phi) is 4.78. The van der Waals surface area contributed by atoms with Gasteiger partial charge in [0.2, 0.25) is 5.69 Å². The minimum Gasteiger partial charge on any atom is -0.480 e. The van der Waals surface area contributed by atoms with Crippen molar-refractivity contribution in [1.82, 2.24) is 15.1 Å². The van der Waals surface area contributed by atoms with Crippen LogP contribution in [-0.4, -0.2) is 37.7 Å². The molecule has 1 rings (SSSR count). The van der Waals surface area contributed by atoms with E-state index in [1.54, 1.807) is 13.8 Å². The van der Waals surface area contributed by atoms with Crippen molar-refractivity contribution in [3.63, 3.8) is 0 Å². The molecule has 1 aromatic heterocycles. The van der Waals surface area contributed by atoms with Gasteiger partial charge in [-0.25, -0.2) is 4.79 Å².